The molecule has 25 heavy (non-hydrogen) atoms. The van der Waals surface area contributed by atoms with Crippen molar-refractivity contribution in [1.29, 1.82) is 0 Å². The van der Waals surface area contributed by atoms with Gasteiger partial charge < -0.3 is 14.6 Å². The molecule has 1 unspecified atom stereocenters. The maximum Gasteiger partial charge on any atom is 0.341 e. The highest BCUT2D eigenvalue weighted by Crippen LogP contribution is 2.23. The molecule has 1 aromatic carbocycles. The number of para-hydroxylation sites is 1. The zero-order valence-electron chi connectivity index (χ0n) is 15.0. The van der Waals surface area contributed by atoms with Gasteiger partial charge in [-0.15, -0.1) is 0 Å². The van der Waals surface area contributed by atoms with Crippen LogP contribution in [0.15, 0.2) is 30.5 Å². The maximum absolute atomic E-state index is 12.6. The normalized spacial score (nSPS) is 16.6. The molecule has 3 rings (SSSR count). The molecule has 1 aromatic heterocycles. The third kappa shape index (κ3) is 3.86. The van der Waals surface area contributed by atoms with Crippen molar-refractivity contribution in [2.24, 2.45) is 0 Å². The van der Waals surface area contributed by atoms with Crippen LogP contribution in [0.1, 0.15) is 56.3 Å². The molecule has 5 nitrogen and oxygen atoms in total. The van der Waals surface area contributed by atoms with E-state index in [-0.39, 0.29) is 11.9 Å². The standard InChI is InChI=1S/C20H26N2O3/c1-3-22-13-17(16-11-7-8-12-18(16)22)20(24)25-14(2)19(23)21-15-9-5-4-6-10-15/h7-8,11-15H,3-6,9-10H2,1-2H3,(H,21,23). The minimum absolute atomic E-state index is 0.209. The predicted octanol–water partition coefficient (Wildman–Crippen LogP) is 3.66. The first kappa shape index (κ1) is 17.5. The Hall–Kier alpha value is -2.30. The average molecular weight is 342 g/mol. The Morgan fingerprint density at radius 2 is 1.96 bits per heavy atom. The molecule has 0 radical (unpaired) electrons. The van der Waals surface area contributed by atoms with Crippen molar-refractivity contribution >= 4 is 22.8 Å². The van der Waals surface area contributed by atoms with Crippen LogP contribution in [0, 0.1) is 0 Å². The number of aromatic nitrogens is 1. The number of hydrogen-bond donors (Lipinski definition) is 1. The van der Waals surface area contributed by atoms with E-state index in [4.69, 9.17) is 4.74 Å². The second kappa shape index (κ2) is 7.72. The molecular weight excluding hydrogens is 316 g/mol. The maximum atomic E-state index is 12.6. The van der Waals surface area contributed by atoms with Gasteiger partial charge in [0.15, 0.2) is 6.10 Å². The SMILES string of the molecule is CCn1cc(C(=O)OC(C)C(=O)NC2CCCCC2)c2ccccc21. The highest BCUT2D eigenvalue weighted by atomic mass is 16.5. The molecule has 1 N–H and O–H groups in total. The summed E-state index contributed by atoms with van der Waals surface area (Å²) < 4.78 is 7.45. The number of aryl methyl sites for hydroxylation is 1. The van der Waals surface area contributed by atoms with Crippen molar-refractivity contribution < 1.29 is 14.3 Å². The van der Waals surface area contributed by atoms with Gasteiger partial charge in [0.25, 0.3) is 5.91 Å². The molecule has 1 aliphatic carbocycles. The summed E-state index contributed by atoms with van der Waals surface area (Å²) in [6, 6.07) is 7.95. The number of esters is 1. The van der Waals surface area contributed by atoms with Crippen molar-refractivity contribution in [2.45, 2.75) is 64.6 Å². The lowest BCUT2D eigenvalue weighted by Crippen LogP contribution is -2.42. The van der Waals surface area contributed by atoms with Gasteiger partial charge in [0.1, 0.15) is 0 Å². The molecular formula is C20H26N2O3. The van der Waals surface area contributed by atoms with E-state index in [9.17, 15) is 9.59 Å². The lowest BCUT2D eigenvalue weighted by Gasteiger charge is -2.24. The molecule has 1 fully saturated rings. The highest BCUT2D eigenvalue weighted by Gasteiger charge is 2.24. The van der Waals surface area contributed by atoms with Crippen molar-refractivity contribution in [3.05, 3.63) is 36.0 Å². The number of rotatable bonds is 5. The molecule has 2 aromatic rings. The van der Waals surface area contributed by atoms with Crippen molar-refractivity contribution in [3.63, 3.8) is 0 Å². The fraction of sp³-hybridized carbons (Fsp3) is 0.500. The van der Waals surface area contributed by atoms with Gasteiger partial charge >= 0.3 is 5.97 Å². The van der Waals surface area contributed by atoms with E-state index in [0.29, 0.717) is 5.56 Å². The van der Waals surface area contributed by atoms with Crippen molar-refractivity contribution in [3.8, 4) is 0 Å². The Morgan fingerprint density at radius 1 is 1.24 bits per heavy atom. The first-order chi connectivity index (χ1) is 12.1. The molecule has 5 heteroatoms. The van der Waals surface area contributed by atoms with Crippen LogP contribution in [-0.2, 0) is 16.1 Å². The van der Waals surface area contributed by atoms with E-state index >= 15 is 0 Å². The quantitative estimate of drug-likeness (QED) is 0.844. The first-order valence-electron chi connectivity index (χ1n) is 9.19. The number of hydrogen-bond acceptors (Lipinski definition) is 3. The summed E-state index contributed by atoms with van der Waals surface area (Å²) in [4.78, 5) is 24.9. The largest absolute Gasteiger partial charge is 0.449 e. The molecule has 1 saturated carbocycles. The number of ether oxygens (including phenoxy) is 1. The van der Waals surface area contributed by atoms with Gasteiger partial charge in [0.05, 0.1) is 5.56 Å². The van der Waals surface area contributed by atoms with Crippen LogP contribution in [0.2, 0.25) is 0 Å². The van der Waals surface area contributed by atoms with Crippen LogP contribution < -0.4 is 5.32 Å². The molecule has 0 saturated heterocycles. The third-order valence-corrected chi connectivity index (χ3v) is 4.95. The Kier molecular flexibility index (Phi) is 5.41. The van der Waals surface area contributed by atoms with E-state index in [1.807, 2.05) is 35.8 Å². The fourth-order valence-corrected chi connectivity index (χ4v) is 3.51. The summed E-state index contributed by atoms with van der Waals surface area (Å²) in [5, 5.41) is 3.86. The minimum Gasteiger partial charge on any atom is -0.449 e. The van der Waals surface area contributed by atoms with E-state index in [1.54, 1.807) is 13.1 Å². The molecule has 0 bridgehead atoms. The van der Waals surface area contributed by atoms with Crippen molar-refractivity contribution in [2.75, 3.05) is 0 Å². The molecule has 0 aliphatic heterocycles. The first-order valence-corrected chi connectivity index (χ1v) is 9.19. The summed E-state index contributed by atoms with van der Waals surface area (Å²) in [6.45, 7) is 4.43. The molecule has 1 aliphatic rings. The zero-order valence-corrected chi connectivity index (χ0v) is 15.0. The van der Waals surface area contributed by atoms with E-state index in [1.165, 1.54) is 6.42 Å². The number of carbonyl (C=O) groups is 2. The van der Waals surface area contributed by atoms with Gasteiger partial charge in [-0.1, -0.05) is 37.5 Å². The molecule has 1 amide bonds. The van der Waals surface area contributed by atoms with Crippen LogP contribution in [0.4, 0.5) is 0 Å². The van der Waals surface area contributed by atoms with Gasteiger partial charge in [-0.2, -0.15) is 0 Å². The summed E-state index contributed by atoms with van der Waals surface area (Å²) in [5.41, 5.74) is 1.51. The monoisotopic (exact) mass is 342 g/mol. The zero-order chi connectivity index (χ0) is 17.8. The molecule has 134 valence electrons. The average Bonchev–Trinajstić information content (AvgIpc) is 3.01. The molecule has 1 atom stereocenters. The van der Waals surface area contributed by atoms with E-state index in [0.717, 1.165) is 43.1 Å². The lowest BCUT2D eigenvalue weighted by molar-refractivity contribution is -0.130. The van der Waals surface area contributed by atoms with Gasteiger partial charge in [-0.05, 0) is 32.8 Å². The second-order valence-electron chi connectivity index (χ2n) is 6.74. The summed E-state index contributed by atoms with van der Waals surface area (Å²) in [7, 11) is 0. The second-order valence-corrected chi connectivity index (χ2v) is 6.74. The van der Waals surface area contributed by atoms with Crippen LogP contribution in [0.5, 0.6) is 0 Å². The van der Waals surface area contributed by atoms with Gasteiger partial charge in [-0.3, -0.25) is 4.79 Å². The van der Waals surface area contributed by atoms with Crippen LogP contribution in [-0.4, -0.2) is 28.6 Å². The summed E-state index contributed by atoms with van der Waals surface area (Å²) in [5.74, 6) is -0.658. The van der Waals surface area contributed by atoms with Gasteiger partial charge in [0, 0.05) is 29.7 Å². The van der Waals surface area contributed by atoms with Crippen LogP contribution >= 0.6 is 0 Å². The molecule has 1 heterocycles. The third-order valence-electron chi connectivity index (χ3n) is 4.95. The topological polar surface area (TPSA) is 60.3 Å². The number of benzene rings is 1. The van der Waals surface area contributed by atoms with Crippen molar-refractivity contribution in [1.82, 2.24) is 9.88 Å². The van der Waals surface area contributed by atoms with Crippen LogP contribution in [0.3, 0.4) is 0 Å². The Labute approximate surface area is 148 Å². The predicted molar refractivity (Wildman–Crippen MR) is 97.5 cm³/mol. The summed E-state index contributed by atoms with van der Waals surface area (Å²) in [6.07, 6.45) is 6.56. The number of nitrogens with zero attached hydrogens (tertiary/aromatic N) is 1. The lowest BCUT2D eigenvalue weighted by atomic mass is 9.95. The summed E-state index contributed by atoms with van der Waals surface area (Å²) >= 11 is 0. The van der Waals surface area contributed by atoms with E-state index < -0.39 is 12.1 Å². The Balaban J connectivity index is 1.68. The number of amides is 1. The Morgan fingerprint density at radius 3 is 2.68 bits per heavy atom. The minimum atomic E-state index is -0.793. The highest BCUT2D eigenvalue weighted by molar-refractivity contribution is 6.05. The Bertz CT molecular complexity index is 759. The molecule has 0 spiro atoms. The van der Waals surface area contributed by atoms with Gasteiger partial charge in [0.2, 0.25) is 0 Å². The fourth-order valence-electron chi connectivity index (χ4n) is 3.51. The smallest absolute Gasteiger partial charge is 0.341 e. The number of carbonyl (C=O) groups excluding carboxylic acids is 2. The van der Waals surface area contributed by atoms with Crippen LogP contribution in [0.25, 0.3) is 10.9 Å². The van der Waals surface area contributed by atoms with E-state index in [2.05, 4.69) is 5.32 Å². The number of nitrogens with one attached hydrogen (secondary N) is 1. The van der Waals surface area contributed by atoms with Gasteiger partial charge in [-0.25, -0.2) is 4.79 Å². The number of fused-ring (bicyclic) bond motifs is 1.